The largest absolute Gasteiger partial charge is 0.390 e. The van der Waals surface area contributed by atoms with Crippen molar-refractivity contribution in [3.8, 4) is 0 Å². The van der Waals surface area contributed by atoms with E-state index in [9.17, 15) is 0 Å². The van der Waals surface area contributed by atoms with E-state index in [2.05, 4.69) is 28.7 Å². The van der Waals surface area contributed by atoms with Gasteiger partial charge in [-0.15, -0.1) is 0 Å². The van der Waals surface area contributed by atoms with Crippen LogP contribution in [-0.4, -0.2) is 38.7 Å². The smallest absolute Gasteiger partial charge is 0.147 e. The quantitative estimate of drug-likeness (QED) is 0.843. The molecule has 0 saturated carbocycles. The first kappa shape index (κ1) is 11.7. The van der Waals surface area contributed by atoms with Gasteiger partial charge in [-0.2, -0.15) is 11.8 Å². The van der Waals surface area contributed by atoms with Crippen molar-refractivity contribution in [1.82, 2.24) is 9.97 Å². The molecule has 2 unspecified atom stereocenters. The summed E-state index contributed by atoms with van der Waals surface area (Å²) >= 11 is 2.00. The maximum atomic E-state index is 9.05. The zero-order chi connectivity index (χ0) is 11.5. The van der Waals surface area contributed by atoms with E-state index in [1.54, 1.807) is 12.4 Å². The number of nitrogens with zero attached hydrogens (tertiary/aromatic N) is 3. The van der Waals surface area contributed by atoms with Crippen molar-refractivity contribution in [2.75, 3.05) is 17.2 Å². The molecule has 0 radical (unpaired) electrons. The van der Waals surface area contributed by atoms with Crippen molar-refractivity contribution in [2.24, 2.45) is 0 Å². The fraction of sp³-hybridized carbons (Fsp3) is 0.636. The van der Waals surface area contributed by atoms with E-state index >= 15 is 0 Å². The molecule has 0 spiro atoms. The van der Waals surface area contributed by atoms with Gasteiger partial charge in [0.15, 0.2) is 0 Å². The van der Waals surface area contributed by atoms with Crippen LogP contribution in [0.25, 0.3) is 0 Å². The van der Waals surface area contributed by atoms with Crippen molar-refractivity contribution in [3.63, 3.8) is 0 Å². The third-order valence-electron chi connectivity index (χ3n) is 3.01. The Hall–Kier alpha value is -0.810. The van der Waals surface area contributed by atoms with Crippen LogP contribution in [0.2, 0.25) is 0 Å². The lowest BCUT2D eigenvalue weighted by Gasteiger charge is -2.38. The lowest BCUT2D eigenvalue weighted by Crippen LogP contribution is -2.45. The van der Waals surface area contributed by atoms with Crippen molar-refractivity contribution < 1.29 is 5.11 Å². The third kappa shape index (κ3) is 2.30. The zero-order valence-corrected chi connectivity index (χ0v) is 10.4. The predicted octanol–water partition coefficient (Wildman–Crippen LogP) is 1.30. The fourth-order valence-electron chi connectivity index (χ4n) is 1.87. The summed E-state index contributed by atoms with van der Waals surface area (Å²) in [5.74, 6) is 2.00. The molecule has 0 aromatic carbocycles. The Labute approximate surface area is 100 Å². The summed E-state index contributed by atoms with van der Waals surface area (Å²) < 4.78 is 0. The normalized spacial score (nSPS) is 25.8. The van der Waals surface area contributed by atoms with Gasteiger partial charge in [0.25, 0.3) is 0 Å². The van der Waals surface area contributed by atoms with Crippen LogP contribution in [-0.2, 0) is 6.61 Å². The van der Waals surface area contributed by atoms with Gasteiger partial charge in [-0.3, -0.25) is 4.98 Å². The molecule has 0 aliphatic carbocycles. The molecule has 2 rings (SSSR count). The molecule has 1 aromatic heterocycles. The summed E-state index contributed by atoms with van der Waals surface area (Å²) in [4.78, 5) is 10.8. The Morgan fingerprint density at radius 3 is 3.06 bits per heavy atom. The van der Waals surface area contributed by atoms with Gasteiger partial charge in [0.05, 0.1) is 24.7 Å². The van der Waals surface area contributed by atoms with E-state index in [1.165, 1.54) is 0 Å². The Balaban J connectivity index is 2.21. The summed E-state index contributed by atoms with van der Waals surface area (Å²) in [6, 6.07) is 0.460. The van der Waals surface area contributed by atoms with Crippen molar-refractivity contribution in [1.29, 1.82) is 0 Å². The first-order valence-corrected chi connectivity index (χ1v) is 6.57. The number of rotatable bonds is 2. The molecular weight excluding hydrogens is 222 g/mol. The van der Waals surface area contributed by atoms with E-state index in [4.69, 9.17) is 5.11 Å². The highest BCUT2D eigenvalue weighted by Gasteiger charge is 2.26. The van der Waals surface area contributed by atoms with Gasteiger partial charge in [0.1, 0.15) is 5.82 Å². The summed E-state index contributed by atoms with van der Waals surface area (Å²) in [5.41, 5.74) is 0.635. The standard InChI is InChI=1S/C11H17N3OS/c1-8-9(2)16-4-3-14(8)11-6-12-5-10(7-15)13-11/h5-6,8-9,15H,3-4,7H2,1-2H3. The second-order valence-corrected chi connectivity index (χ2v) is 5.52. The Morgan fingerprint density at radius 1 is 1.50 bits per heavy atom. The highest BCUT2D eigenvalue weighted by atomic mass is 32.2. The molecule has 2 atom stereocenters. The second-order valence-electron chi connectivity index (χ2n) is 4.04. The molecule has 4 nitrogen and oxygen atoms in total. The minimum atomic E-state index is -0.0482. The lowest BCUT2D eigenvalue weighted by atomic mass is 10.2. The first-order valence-electron chi connectivity index (χ1n) is 5.52. The zero-order valence-electron chi connectivity index (χ0n) is 9.63. The molecule has 0 amide bonds. The number of thioether (sulfide) groups is 1. The predicted molar refractivity (Wildman–Crippen MR) is 66.7 cm³/mol. The maximum absolute atomic E-state index is 9.05. The highest BCUT2D eigenvalue weighted by Crippen LogP contribution is 2.27. The van der Waals surface area contributed by atoms with Gasteiger partial charge in [0, 0.05) is 23.6 Å². The summed E-state index contributed by atoms with van der Waals surface area (Å²) in [5, 5.41) is 9.66. The molecule has 16 heavy (non-hydrogen) atoms. The fourth-order valence-corrected chi connectivity index (χ4v) is 2.97. The second kappa shape index (κ2) is 5.01. The van der Waals surface area contributed by atoms with E-state index < -0.39 is 0 Å². The van der Waals surface area contributed by atoms with Crippen LogP contribution in [0.15, 0.2) is 12.4 Å². The molecule has 1 fully saturated rings. The van der Waals surface area contributed by atoms with E-state index in [0.29, 0.717) is 17.0 Å². The topological polar surface area (TPSA) is 49.2 Å². The Bertz CT molecular complexity index is 361. The van der Waals surface area contributed by atoms with Crippen molar-refractivity contribution in [3.05, 3.63) is 18.1 Å². The third-order valence-corrected chi connectivity index (χ3v) is 4.35. The molecular formula is C11H17N3OS. The van der Waals surface area contributed by atoms with Crippen molar-refractivity contribution >= 4 is 17.6 Å². The average molecular weight is 239 g/mol. The Morgan fingerprint density at radius 2 is 2.31 bits per heavy atom. The van der Waals surface area contributed by atoms with Crippen LogP contribution in [0.1, 0.15) is 19.5 Å². The van der Waals surface area contributed by atoms with Crippen LogP contribution in [0.4, 0.5) is 5.82 Å². The molecule has 5 heteroatoms. The van der Waals surface area contributed by atoms with E-state index in [1.807, 2.05) is 11.8 Å². The molecule has 1 N–H and O–H groups in total. The van der Waals surface area contributed by atoms with Gasteiger partial charge in [-0.05, 0) is 6.92 Å². The van der Waals surface area contributed by atoms with Crippen LogP contribution in [0.5, 0.6) is 0 Å². The van der Waals surface area contributed by atoms with Crippen LogP contribution in [0, 0.1) is 0 Å². The molecule has 1 aliphatic rings. The molecule has 2 heterocycles. The first-order chi connectivity index (χ1) is 7.72. The number of anilines is 1. The van der Waals surface area contributed by atoms with E-state index in [-0.39, 0.29) is 6.61 Å². The van der Waals surface area contributed by atoms with Gasteiger partial charge in [0.2, 0.25) is 0 Å². The SMILES string of the molecule is CC1SCCN(c2cncc(CO)n2)C1C. The molecule has 1 aromatic rings. The summed E-state index contributed by atoms with van der Waals surface area (Å²) in [7, 11) is 0. The van der Waals surface area contributed by atoms with Crippen LogP contribution < -0.4 is 4.90 Å². The Kier molecular flexibility index (Phi) is 3.66. The lowest BCUT2D eigenvalue weighted by molar-refractivity contribution is 0.276. The summed E-state index contributed by atoms with van der Waals surface area (Å²) in [6.45, 7) is 5.40. The van der Waals surface area contributed by atoms with Gasteiger partial charge >= 0.3 is 0 Å². The van der Waals surface area contributed by atoms with E-state index in [0.717, 1.165) is 18.1 Å². The molecule has 1 aliphatic heterocycles. The summed E-state index contributed by atoms with van der Waals surface area (Å²) in [6.07, 6.45) is 3.38. The minimum absolute atomic E-state index is 0.0482. The molecule has 88 valence electrons. The number of aliphatic hydroxyl groups excluding tert-OH is 1. The number of aromatic nitrogens is 2. The van der Waals surface area contributed by atoms with Crippen LogP contribution in [0.3, 0.4) is 0 Å². The van der Waals surface area contributed by atoms with Crippen molar-refractivity contribution in [2.45, 2.75) is 31.7 Å². The average Bonchev–Trinajstić information content (AvgIpc) is 2.33. The highest BCUT2D eigenvalue weighted by molar-refractivity contribution is 8.00. The monoisotopic (exact) mass is 239 g/mol. The van der Waals surface area contributed by atoms with Gasteiger partial charge in [-0.25, -0.2) is 4.98 Å². The van der Waals surface area contributed by atoms with Gasteiger partial charge in [-0.1, -0.05) is 6.92 Å². The number of hydrogen-bond donors (Lipinski definition) is 1. The molecule has 0 bridgehead atoms. The maximum Gasteiger partial charge on any atom is 0.147 e. The molecule has 1 saturated heterocycles. The minimum Gasteiger partial charge on any atom is -0.390 e. The number of aliphatic hydroxyl groups is 1. The van der Waals surface area contributed by atoms with Crippen LogP contribution >= 0.6 is 11.8 Å². The number of hydrogen-bond acceptors (Lipinski definition) is 5. The van der Waals surface area contributed by atoms with Gasteiger partial charge < -0.3 is 10.0 Å².